The summed E-state index contributed by atoms with van der Waals surface area (Å²) >= 11 is 0. The van der Waals surface area contributed by atoms with Crippen molar-refractivity contribution in [1.82, 2.24) is 25.4 Å². The first-order valence-corrected chi connectivity index (χ1v) is 16.5. The van der Waals surface area contributed by atoms with Gasteiger partial charge in [-0.2, -0.15) is 0 Å². The number of nitrogens with two attached hydrogens (primary N) is 1. The van der Waals surface area contributed by atoms with Gasteiger partial charge in [-0.15, -0.1) is 0 Å². The molecule has 6 N–H and O–H groups in total. The number of rotatable bonds is 16. The molecule has 2 rings (SSSR count). The van der Waals surface area contributed by atoms with Crippen LogP contribution < -0.4 is 21.7 Å². The van der Waals surface area contributed by atoms with Crippen molar-refractivity contribution in [2.45, 2.75) is 104 Å². The Morgan fingerprint density at radius 2 is 1.64 bits per heavy atom. The molecule has 0 aliphatic rings. The van der Waals surface area contributed by atoms with E-state index in [9.17, 15) is 24.3 Å². The number of carboxylic acid groups (broad SMARTS) is 1. The topological polar surface area (TPSA) is 159 Å². The maximum Gasteiger partial charge on any atom is 0.326 e. The zero-order valence-electron chi connectivity index (χ0n) is 30.2. The van der Waals surface area contributed by atoms with Gasteiger partial charge in [-0.1, -0.05) is 72.7 Å². The third kappa shape index (κ3) is 9.67. The number of nitrogens with zero attached hydrogens (tertiary/aromatic N) is 2. The summed E-state index contributed by atoms with van der Waals surface area (Å²) in [5, 5.41) is 19.6. The number of unbranched alkanes of at least 4 members (excludes halogenated alkanes) is 1. The number of fused-ring (bicyclic) bond motifs is 1. The van der Waals surface area contributed by atoms with E-state index in [4.69, 9.17) is 5.73 Å². The molecule has 1 heterocycles. The summed E-state index contributed by atoms with van der Waals surface area (Å²) in [6, 6.07) is 5.01. The van der Waals surface area contributed by atoms with Crippen molar-refractivity contribution in [3.05, 3.63) is 47.7 Å². The second-order valence-electron chi connectivity index (χ2n) is 14.6. The predicted molar refractivity (Wildman–Crippen MR) is 188 cm³/mol. The Labute approximate surface area is 280 Å². The van der Waals surface area contributed by atoms with Gasteiger partial charge in [0.15, 0.2) is 0 Å². The lowest BCUT2D eigenvalue weighted by Crippen LogP contribution is -2.61. The zero-order valence-corrected chi connectivity index (χ0v) is 30.2. The number of aromatic nitrogens is 1. The van der Waals surface area contributed by atoms with Crippen LogP contribution in [0.3, 0.4) is 0 Å². The summed E-state index contributed by atoms with van der Waals surface area (Å²) in [5.41, 5.74) is 6.64. The van der Waals surface area contributed by atoms with Gasteiger partial charge >= 0.3 is 5.97 Å². The minimum Gasteiger partial charge on any atom is -0.480 e. The molecule has 0 spiro atoms. The smallest absolute Gasteiger partial charge is 0.326 e. The van der Waals surface area contributed by atoms with E-state index in [2.05, 4.69) is 32.8 Å². The van der Waals surface area contributed by atoms with Crippen molar-refractivity contribution < 1.29 is 24.3 Å². The number of hydrogen-bond acceptors (Lipinski definition) is 6. The fourth-order valence-corrected chi connectivity index (χ4v) is 6.16. The van der Waals surface area contributed by atoms with Crippen molar-refractivity contribution in [2.24, 2.45) is 24.1 Å². The Bertz CT molecular complexity index is 1440. The number of aliphatic carboxylic acids is 1. The van der Waals surface area contributed by atoms with Crippen LogP contribution in [0.5, 0.6) is 0 Å². The van der Waals surface area contributed by atoms with Crippen LogP contribution in [0.4, 0.5) is 0 Å². The first-order valence-electron chi connectivity index (χ1n) is 16.5. The molecule has 0 aliphatic carbocycles. The van der Waals surface area contributed by atoms with Crippen molar-refractivity contribution in [1.29, 1.82) is 0 Å². The fourth-order valence-electron chi connectivity index (χ4n) is 6.16. The molecule has 47 heavy (non-hydrogen) atoms. The van der Waals surface area contributed by atoms with E-state index < -0.39 is 46.9 Å². The second-order valence-corrected chi connectivity index (χ2v) is 14.6. The van der Waals surface area contributed by atoms with E-state index in [1.54, 1.807) is 32.0 Å². The number of benzene rings is 1. The Morgan fingerprint density at radius 3 is 2.17 bits per heavy atom. The summed E-state index contributed by atoms with van der Waals surface area (Å²) in [7, 11) is 5.40. The normalized spacial score (nSPS) is 15.2. The monoisotopic (exact) mass is 654 g/mol. The highest BCUT2D eigenvalue weighted by molar-refractivity contribution is 5.96. The maximum absolute atomic E-state index is 14.2. The predicted octanol–water partition coefficient (Wildman–Crippen LogP) is 3.70. The quantitative estimate of drug-likeness (QED) is 0.136. The molecule has 11 heteroatoms. The minimum absolute atomic E-state index is 0.0850. The van der Waals surface area contributed by atoms with E-state index in [0.29, 0.717) is 25.0 Å². The zero-order chi connectivity index (χ0) is 35.9. The van der Waals surface area contributed by atoms with E-state index >= 15 is 0 Å². The van der Waals surface area contributed by atoms with E-state index in [-0.39, 0.29) is 24.2 Å². The van der Waals surface area contributed by atoms with Crippen LogP contribution in [-0.2, 0) is 31.6 Å². The molecule has 0 bridgehead atoms. The van der Waals surface area contributed by atoms with Gasteiger partial charge in [-0.05, 0) is 62.7 Å². The maximum atomic E-state index is 14.2. The number of para-hydroxylation sites is 1. The van der Waals surface area contributed by atoms with Gasteiger partial charge in [0.2, 0.25) is 17.7 Å². The highest BCUT2D eigenvalue weighted by atomic mass is 16.4. The molecule has 262 valence electrons. The molecule has 0 aliphatic heterocycles. The number of carbonyl (C=O) groups excluding carboxylic acids is 3. The fraction of sp³-hybridized carbons (Fsp3) is 0.611. The summed E-state index contributed by atoms with van der Waals surface area (Å²) in [6.07, 6.45) is 5.26. The molecule has 2 aromatic rings. The van der Waals surface area contributed by atoms with Gasteiger partial charge in [-0.25, -0.2) is 4.79 Å². The molecule has 4 atom stereocenters. The SMILES string of the molecule is CN[C@H](C(=O)NC(C(=O)N(C)[C@H](/C=C(\C)C(=O)N[C@H](CCCCN)C(=O)O)C(C)C)C(C)(C)C)C(C)(C)c1cn(C)c2ccccc12. The molecule has 0 saturated carbocycles. The van der Waals surface area contributed by atoms with Crippen LogP contribution in [0.15, 0.2) is 42.1 Å². The first-order chi connectivity index (χ1) is 21.8. The minimum atomic E-state index is -1.11. The van der Waals surface area contributed by atoms with Crippen LogP contribution in [0.2, 0.25) is 0 Å². The standard InChI is InChI=1S/C36H58N6O5/c1-22(2)28(20-23(3)31(43)39-26(34(46)47)17-14-15-19-37)42(11)33(45)30(35(4,5)6)40-32(44)29(38-9)36(7,8)25-21-41(10)27-18-13-12-16-24(25)27/h12-13,16,18,20-22,26,28-30,38H,14-15,17,19,37H2,1-11H3,(H,39,43)(H,40,44)(H,46,47)/b23-20+/t26-,28-,29-,30?/m1/s1. The van der Waals surface area contributed by atoms with Gasteiger partial charge in [-0.3, -0.25) is 14.4 Å². The van der Waals surface area contributed by atoms with Gasteiger partial charge < -0.3 is 36.3 Å². The number of amides is 3. The molecule has 3 amide bonds. The van der Waals surface area contributed by atoms with Crippen molar-refractivity contribution >= 4 is 34.6 Å². The van der Waals surface area contributed by atoms with Crippen molar-refractivity contribution in [3.8, 4) is 0 Å². The average Bonchev–Trinajstić information content (AvgIpc) is 3.33. The molecule has 0 saturated heterocycles. The second kappa shape index (κ2) is 16.4. The number of aryl methyl sites for hydroxylation is 1. The number of likely N-dealkylation sites (N-methyl/N-ethyl adjacent to an activating group) is 2. The van der Waals surface area contributed by atoms with Gasteiger partial charge in [0, 0.05) is 42.2 Å². The molecule has 11 nitrogen and oxygen atoms in total. The summed E-state index contributed by atoms with van der Waals surface area (Å²) in [6.45, 7) is 15.7. The first kappa shape index (κ1) is 39.5. The molecular weight excluding hydrogens is 596 g/mol. The largest absolute Gasteiger partial charge is 0.480 e. The lowest BCUT2D eigenvalue weighted by Gasteiger charge is -2.39. The number of nitrogens with one attached hydrogen (secondary N) is 3. The van der Waals surface area contributed by atoms with Crippen LogP contribution in [0.25, 0.3) is 10.9 Å². The molecule has 1 unspecified atom stereocenters. The van der Waals surface area contributed by atoms with Crippen LogP contribution in [0, 0.1) is 11.3 Å². The Kier molecular flexibility index (Phi) is 13.8. The van der Waals surface area contributed by atoms with Crippen LogP contribution >= 0.6 is 0 Å². The molecule has 1 aromatic carbocycles. The molecule has 0 fully saturated rings. The third-order valence-electron chi connectivity index (χ3n) is 9.07. The average molecular weight is 655 g/mol. The van der Waals surface area contributed by atoms with Gasteiger partial charge in [0.1, 0.15) is 12.1 Å². The number of carbonyl (C=O) groups is 4. The summed E-state index contributed by atoms with van der Waals surface area (Å²) < 4.78 is 2.05. The highest BCUT2D eigenvalue weighted by Crippen LogP contribution is 2.35. The highest BCUT2D eigenvalue weighted by Gasteiger charge is 2.42. The lowest BCUT2D eigenvalue weighted by atomic mass is 9.76. The molecule has 1 aromatic heterocycles. The lowest BCUT2D eigenvalue weighted by molar-refractivity contribution is -0.141. The Hall–Kier alpha value is -3.70. The van der Waals surface area contributed by atoms with E-state index in [0.717, 1.165) is 16.5 Å². The van der Waals surface area contributed by atoms with Crippen molar-refractivity contribution in [2.75, 3.05) is 20.6 Å². The Balaban J connectivity index is 2.35. The third-order valence-corrected chi connectivity index (χ3v) is 9.07. The summed E-state index contributed by atoms with van der Waals surface area (Å²) in [4.78, 5) is 54.7. The van der Waals surface area contributed by atoms with E-state index in [1.807, 2.05) is 73.7 Å². The number of carboxylic acids is 1. The number of hydrogen-bond donors (Lipinski definition) is 5. The van der Waals surface area contributed by atoms with Crippen LogP contribution in [-0.4, -0.2) is 83.1 Å². The van der Waals surface area contributed by atoms with E-state index in [1.165, 1.54) is 0 Å². The van der Waals surface area contributed by atoms with Crippen molar-refractivity contribution in [3.63, 3.8) is 0 Å². The summed E-state index contributed by atoms with van der Waals surface area (Å²) in [5.74, 6) is -2.29. The van der Waals surface area contributed by atoms with Gasteiger partial charge in [0.05, 0.1) is 12.1 Å². The molecule has 0 radical (unpaired) electrons. The van der Waals surface area contributed by atoms with Gasteiger partial charge in [0.25, 0.3) is 0 Å². The Morgan fingerprint density at radius 1 is 1.02 bits per heavy atom. The van der Waals surface area contributed by atoms with Crippen LogP contribution in [0.1, 0.15) is 80.2 Å². The molecular formula is C36H58N6O5.